The molecule has 1 fully saturated rings. The summed E-state index contributed by atoms with van der Waals surface area (Å²) in [6.45, 7) is 3.99. The van der Waals surface area contributed by atoms with Crippen molar-refractivity contribution in [2.45, 2.75) is 51.5 Å². The second kappa shape index (κ2) is 5.28. The molecule has 20 heavy (non-hydrogen) atoms. The second-order valence-corrected chi connectivity index (χ2v) is 5.32. The van der Waals surface area contributed by atoms with Crippen molar-refractivity contribution in [3.8, 4) is 5.75 Å². The Morgan fingerprint density at radius 1 is 1.20 bits per heavy atom. The molecule has 0 saturated heterocycles. The number of benzene rings is 1. The SMILES string of the molecule is CCC1(CC)C(O)CC1Oc1ccc(C(F)(F)F)cc1. The monoisotopic (exact) mass is 288 g/mol. The maximum atomic E-state index is 12.5. The molecule has 5 heteroatoms. The zero-order valence-electron chi connectivity index (χ0n) is 11.6. The first-order chi connectivity index (χ1) is 9.33. The van der Waals surface area contributed by atoms with Crippen molar-refractivity contribution >= 4 is 0 Å². The molecular weight excluding hydrogens is 269 g/mol. The highest BCUT2D eigenvalue weighted by molar-refractivity contribution is 5.29. The Morgan fingerprint density at radius 2 is 1.75 bits per heavy atom. The van der Waals surface area contributed by atoms with Crippen LogP contribution in [0.5, 0.6) is 5.75 Å². The molecule has 0 amide bonds. The van der Waals surface area contributed by atoms with E-state index >= 15 is 0 Å². The lowest BCUT2D eigenvalue weighted by molar-refractivity contribution is -0.159. The van der Waals surface area contributed by atoms with Gasteiger partial charge in [0.15, 0.2) is 0 Å². The first kappa shape index (κ1) is 15.2. The minimum atomic E-state index is -4.33. The van der Waals surface area contributed by atoms with Crippen LogP contribution in [0.1, 0.15) is 38.7 Å². The molecule has 2 nitrogen and oxygen atoms in total. The van der Waals surface area contributed by atoms with Crippen LogP contribution >= 0.6 is 0 Å². The number of alkyl halides is 3. The summed E-state index contributed by atoms with van der Waals surface area (Å²) < 4.78 is 43.2. The van der Waals surface area contributed by atoms with E-state index < -0.39 is 17.8 Å². The predicted octanol–water partition coefficient (Wildman–Crippen LogP) is 4.02. The third-order valence-electron chi connectivity index (χ3n) is 4.52. The van der Waals surface area contributed by atoms with E-state index in [1.165, 1.54) is 12.1 Å². The van der Waals surface area contributed by atoms with Gasteiger partial charge in [0.05, 0.1) is 11.7 Å². The number of hydrogen-bond donors (Lipinski definition) is 1. The standard InChI is InChI=1S/C15H19F3O2/c1-3-14(4-2)12(19)9-13(14)20-11-7-5-10(6-8-11)15(16,17)18/h5-8,12-13,19H,3-4,9H2,1-2H3. The van der Waals surface area contributed by atoms with Gasteiger partial charge in [-0.15, -0.1) is 0 Å². The van der Waals surface area contributed by atoms with Gasteiger partial charge in [0.1, 0.15) is 11.9 Å². The Morgan fingerprint density at radius 3 is 2.15 bits per heavy atom. The number of hydrogen-bond acceptors (Lipinski definition) is 2. The highest BCUT2D eigenvalue weighted by Gasteiger charge is 2.53. The molecule has 1 N–H and O–H groups in total. The van der Waals surface area contributed by atoms with E-state index in [4.69, 9.17) is 4.74 Å². The molecule has 1 aliphatic rings. The maximum Gasteiger partial charge on any atom is 0.416 e. The summed E-state index contributed by atoms with van der Waals surface area (Å²) in [5.74, 6) is 0.418. The van der Waals surface area contributed by atoms with Crippen LogP contribution in [0, 0.1) is 5.41 Å². The number of aliphatic hydroxyl groups is 1. The van der Waals surface area contributed by atoms with E-state index in [0.29, 0.717) is 12.2 Å². The van der Waals surface area contributed by atoms with Crippen molar-refractivity contribution in [1.82, 2.24) is 0 Å². The molecule has 0 aliphatic heterocycles. The molecule has 0 bridgehead atoms. The average molecular weight is 288 g/mol. The topological polar surface area (TPSA) is 29.5 Å². The van der Waals surface area contributed by atoms with Gasteiger partial charge < -0.3 is 9.84 Å². The smallest absolute Gasteiger partial charge is 0.416 e. The molecule has 1 aromatic carbocycles. The summed E-state index contributed by atoms with van der Waals surface area (Å²) in [6.07, 6.45) is -2.75. The van der Waals surface area contributed by atoms with Crippen LogP contribution in [0.25, 0.3) is 0 Å². The Kier molecular flexibility index (Phi) is 4.00. The minimum Gasteiger partial charge on any atom is -0.490 e. The van der Waals surface area contributed by atoms with E-state index in [9.17, 15) is 18.3 Å². The largest absolute Gasteiger partial charge is 0.490 e. The van der Waals surface area contributed by atoms with Crippen LogP contribution in [-0.4, -0.2) is 17.3 Å². The lowest BCUT2D eigenvalue weighted by atomic mass is 9.60. The molecule has 1 saturated carbocycles. The van der Waals surface area contributed by atoms with Crippen molar-refractivity contribution in [2.75, 3.05) is 0 Å². The minimum absolute atomic E-state index is 0.135. The molecular formula is C15H19F3O2. The van der Waals surface area contributed by atoms with Crippen LogP contribution in [0.15, 0.2) is 24.3 Å². The van der Waals surface area contributed by atoms with Crippen LogP contribution in [0.3, 0.4) is 0 Å². The predicted molar refractivity (Wildman–Crippen MR) is 69.5 cm³/mol. The van der Waals surface area contributed by atoms with Crippen molar-refractivity contribution < 1.29 is 23.0 Å². The Bertz CT molecular complexity index is 449. The van der Waals surface area contributed by atoms with Gasteiger partial charge in [0.25, 0.3) is 0 Å². The number of aliphatic hydroxyl groups excluding tert-OH is 1. The maximum absolute atomic E-state index is 12.5. The van der Waals surface area contributed by atoms with E-state index in [1.807, 2.05) is 13.8 Å². The third kappa shape index (κ3) is 2.51. The molecule has 0 spiro atoms. The zero-order chi connectivity index (χ0) is 15.0. The van der Waals surface area contributed by atoms with Crippen LogP contribution in [-0.2, 0) is 6.18 Å². The van der Waals surface area contributed by atoms with E-state index in [1.54, 1.807) is 0 Å². The van der Waals surface area contributed by atoms with Crippen molar-refractivity contribution in [2.24, 2.45) is 5.41 Å². The summed E-state index contributed by atoms with van der Waals surface area (Å²) >= 11 is 0. The number of halogens is 3. The van der Waals surface area contributed by atoms with Crippen LogP contribution < -0.4 is 4.74 Å². The van der Waals surface area contributed by atoms with E-state index in [-0.39, 0.29) is 11.5 Å². The van der Waals surface area contributed by atoms with Crippen molar-refractivity contribution in [3.05, 3.63) is 29.8 Å². The molecule has 1 aliphatic carbocycles. The first-order valence-corrected chi connectivity index (χ1v) is 6.85. The molecule has 2 atom stereocenters. The molecule has 112 valence electrons. The Labute approximate surface area is 116 Å². The summed E-state index contributed by atoms with van der Waals surface area (Å²) in [5.41, 5.74) is -0.960. The van der Waals surface area contributed by atoms with Gasteiger partial charge in [-0.1, -0.05) is 13.8 Å². The highest BCUT2D eigenvalue weighted by atomic mass is 19.4. The summed E-state index contributed by atoms with van der Waals surface area (Å²) in [7, 11) is 0. The van der Waals surface area contributed by atoms with Crippen LogP contribution in [0.4, 0.5) is 13.2 Å². The van der Waals surface area contributed by atoms with Gasteiger partial charge >= 0.3 is 6.18 Å². The van der Waals surface area contributed by atoms with Gasteiger partial charge in [0.2, 0.25) is 0 Å². The molecule has 0 aromatic heterocycles. The average Bonchev–Trinajstić information content (AvgIpc) is 2.39. The fourth-order valence-electron chi connectivity index (χ4n) is 2.96. The lowest BCUT2D eigenvalue weighted by Crippen LogP contribution is -2.59. The Balaban J connectivity index is 2.08. The van der Waals surface area contributed by atoms with Crippen molar-refractivity contribution in [3.63, 3.8) is 0 Å². The van der Waals surface area contributed by atoms with Gasteiger partial charge in [-0.2, -0.15) is 13.2 Å². The summed E-state index contributed by atoms with van der Waals surface area (Å²) in [4.78, 5) is 0. The number of rotatable bonds is 4. The molecule has 2 rings (SSSR count). The molecule has 0 heterocycles. The summed E-state index contributed by atoms with van der Waals surface area (Å²) in [6, 6.07) is 4.71. The lowest BCUT2D eigenvalue weighted by Gasteiger charge is -2.52. The molecule has 0 radical (unpaired) electrons. The van der Waals surface area contributed by atoms with Gasteiger partial charge in [-0.25, -0.2) is 0 Å². The summed E-state index contributed by atoms with van der Waals surface area (Å²) in [5, 5.41) is 9.93. The van der Waals surface area contributed by atoms with Gasteiger partial charge in [-0.3, -0.25) is 0 Å². The fourth-order valence-corrected chi connectivity index (χ4v) is 2.96. The zero-order valence-corrected chi connectivity index (χ0v) is 11.6. The van der Waals surface area contributed by atoms with E-state index in [0.717, 1.165) is 25.0 Å². The molecule has 2 unspecified atom stereocenters. The quantitative estimate of drug-likeness (QED) is 0.906. The third-order valence-corrected chi connectivity index (χ3v) is 4.52. The van der Waals surface area contributed by atoms with E-state index in [2.05, 4.69) is 0 Å². The normalized spacial score (nSPS) is 25.1. The van der Waals surface area contributed by atoms with Crippen LogP contribution in [0.2, 0.25) is 0 Å². The number of ether oxygens (including phenoxy) is 1. The second-order valence-electron chi connectivity index (χ2n) is 5.32. The highest BCUT2D eigenvalue weighted by Crippen LogP contribution is 2.49. The van der Waals surface area contributed by atoms with Gasteiger partial charge in [0, 0.05) is 11.8 Å². The van der Waals surface area contributed by atoms with Gasteiger partial charge in [-0.05, 0) is 37.1 Å². The van der Waals surface area contributed by atoms with Crippen molar-refractivity contribution in [1.29, 1.82) is 0 Å². The fraction of sp³-hybridized carbons (Fsp3) is 0.600. The molecule has 1 aromatic rings. The Hall–Kier alpha value is -1.23. The first-order valence-electron chi connectivity index (χ1n) is 6.85.